The molecule has 1 fully saturated rings. The minimum atomic E-state index is 0.634. The summed E-state index contributed by atoms with van der Waals surface area (Å²) in [6.45, 7) is 0. The largest absolute Gasteiger partial charge is 0.234 e. The van der Waals surface area contributed by atoms with Crippen molar-refractivity contribution in [3.05, 3.63) is 46.7 Å². The SMILES string of the molecule is c1ccc(Cc2nnc3sc(C4CCCCC4)nn23)cc1. The van der Waals surface area contributed by atoms with Crippen molar-refractivity contribution in [2.24, 2.45) is 0 Å². The van der Waals surface area contributed by atoms with Crippen molar-refractivity contribution in [1.29, 1.82) is 0 Å². The second kappa shape index (κ2) is 5.56. The minimum Gasteiger partial charge on any atom is -0.187 e. The van der Waals surface area contributed by atoms with Gasteiger partial charge in [-0.2, -0.15) is 9.61 Å². The molecule has 1 saturated carbocycles. The van der Waals surface area contributed by atoms with Crippen molar-refractivity contribution in [3.63, 3.8) is 0 Å². The first-order chi connectivity index (χ1) is 10.4. The van der Waals surface area contributed by atoms with Crippen molar-refractivity contribution in [3.8, 4) is 0 Å². The number of nitrogens with zero attached hydrogens (tertiary/aromatic N) is 4. The molecule has 0 spiro atoms. The summed E-state index contributed by atoms with van der Waals surface area (Å²) in [6, 6.07) is 10.4. The van der Waals surface area contributed by atoms with Gasteiger partial charge < -0.3 is 0 Å². The molecule has 0 bridgehead atoms. The number of hydrogen-bond donors (Lipinski definition) is 0. The van der Waals surface area contributed by atoms with E-state index in [1.807, 2.05) is 10.6 Å². The van der Waals surface area contributed by atoms with Crippen molar-refractivity contribution in [1.82, 2.24) is 19.8 Å². The first-order valence-electron chi connectivity index (χ1n) is 7.65. The van der Waals surface area contributed by atoms with E-state index in [1.165, 1.54) is 42.7 Å². The van der Waals surface area contributed by atoms with Crippen molar-refractivity contribution < 1.29 is 0 Å². The molecular formula is C16H18N4S. The van der Waals surface area contributed by atoms with Crippen molar-refractivity contribution >= 4 is 16.3 Å². The van der Waals surface area contributed by atoms with Gasteiger partial charge in [0.15, 0.2) is 5.82 Å². The van der Waals surface area contributed by atoms with E-state index in [-0.39, 0.29) is 0 Å². The van der Waals surface area contributed by atoms with Crippen molar-refractivity contribution in [2.75, 3.05) is 0 Å². The summed E-state index contributed by atoms with van der Waals surface area (Å²) in [6.07, 6.45) is 7.38. The molecule has 2 aromatic heterocycles. The highest BCUT2D eigenvalue weighted by Gasteiger charge is 2.21. The monoisotopic (exact) mass is 298 g/mol. The molecule has 0 saturated heterocycles. The van der Waals surface area contributed by atoms with E-state index in [1.54, 1.807) is 11.3 Å². The molecule has 3 aromatic rings. The fourth-order valence-corrected chi connectivity index (χ4v) is 4.10. The molecular weight excluding hydrogens is 280 g/mol. The van der Waals surface area contributed by atoms with Gasteiger partial charge in [0.2, 0.25) is 4.96 Å². The first kappa shape index (κ1) is 13.0. The maximum atomic E-state index is 4.80. The molecule has 1 aliphatic carbocycles. The van der Waals surface area contributed by atoms with E-state index < -0.39 is 0 Å². The highest BCUT2D eigenvalue weighted by molar-refractivity contribution is 7.16. The molecule has 4 rings (SSSR count). The Kier molecular flexibility index (Phi) is 3.43. The van der Waals surface area contributed by atoms with Crippen LogP contribution in [0.25, 0.3) is 4.96 Å². The van der Waals surface area contributed by atoms with Gasteiger partial charge in [-0.15, -0.1) is 10.2 Å². The number of rotatable bonds is 3. The lowest BCUT2D eigenvalue weighted by atomic mass is 9.90. The van der Waals surface area contributed by atoms with Crippen LogP contribution in [0.4, 0.5) is 0 Å². The van der Waals surface area contributed by atoms with Crippen molar-refractivity contribution in [2.45, 2.75) is 44.4 Å². The molecule has 0 unspecified atom stereocenters. The third-order valence-electron chi connectivity index (χ3n) is 4.23. The van der Waals surface area contributed by atoms with Gasteiger partial charge in [-0.3, -0.25) is 0 Å². The minimum absolute atomic E-state index is 0.634. The Morgan fingerprint density at radius 1 is 1.05 bits per heavy atom. The topological polar surface area (TPSA) is 43.1 Å². The van der Waals surface area contributed by atoms with Gasteiger partial charge in [-0.05, 0) is 18.4 Å². The van der Waals surface area contributed by atoms with Gasteiger partial charge in [-0.1, -0.05) is 60.9 Å². The molecule has 0 N–H and O–H groups in total. The lowest BCUT2D eigenvalue weighted by Gasteiger charge is -2.18. The van der Waals surface area contributed by atoms with E-state index in [9.17, 15) is 0 Å². The number of hydrogen-bond acceptors (Lipinski definition) is 4. The molecule has 0 aliphatic heterocycles. The first-order valence-corrected chi connectivity index (χ1v) is 8.47. The summed E-state index contributed by atoms with van der Waals surface area (Å²) >= 11 is 1.71. The van der Waals surface area contributed by atoms with E-state index in [4.69, 9.17) is 5.10 Å². The molecule has 0 radical (unpaired) electrons. The van der Waals surface area contributed by atoms with Crippen LogP contribution in [0.1, 0.15) is 54.4 Å². The highest BCUT2D eigenvalue weighted by atomic mass is 32.1. The molecule has 5 heteroatoms. The fourth-order valence-electron chi connectivity index (χ4n) is 3.08. The van der Waals surface area contributed by atoms with Gasteiger partial charge in [0.1, 0.15) is 5.01 Å². The van der Waals surface area contributed by atoms with E-state index >= 15 is 0 Å². The van der Waals surface area contributed by atoms with Gasteiger partial charge in [0.05, 0.1) is 0 Å². The molecule has 2 heterocycles. The van der Waals surface area contributed by atoms with Crippen LogP contribution in [-0.2, 0) is 6.42 Å². The Balaban J connectivity index is 1.63. The van der Waals surface area contributed by atoms with E-state index in [0.29, 0.717) is 5.92 Å². The quantitative estimate of drug-likeness (QED) is 0.738. The Hall–Kier alpha value is -1.75. The Morgan fingerprint density at radius 2 is 1.86 bits per heavy atom. The van der Waals surface area contributed by atoms with Gasteiger partial charge in [0.25, 0.3) is 0 Å². The van der Waals surface area contributed by atoms with Gasteiger partial charge in [-0.25, -0.2) is 0 Å². The zero-order chi connectivity index (χ0) is 14.1. The maximum Gasteiger partial charge on any atom is 0.234 e. The summed E-state index contributed by atoms with van der Waals surface area (Å²) in [5, 5.41) is 14.6. The van der Waals surface area contributed by atoms with Crippen LogP contribution in [0, 0.1) is 0 Å². The smallest absolute Gasteiger partial charge is 0.187 e. The fraction of sp³-hybridized carbons (Fsp3) is 0.438. The molecule has 0 amide bonds. The summed E-state index contributed by atoms with van der Waals surface area (Å²) in [5.41, 5.74) is 1.25. The van der Waals surface area contributed by atoms with Crippen LogP contribution < -0.4 is 0 Å². The lowest BCUT2D eigenvalue weighted by molar-refractivity contribution is 0.439. The zero-order valence-electron chi connectivity index (χ0n) is 11.9. The Bertz CT molecular complexity index is 725. The van der Waals surface area contributed by atoms with Crippen LogP contribution in [-0.4, -0.2) is 19.8 Å². The third-order valence-corrected chi connectivity index (χ3v) is 5.29. The van der Waals surface area contributed by atoms with Crippen LogP contribution in [0.3, 0.4) is 0 Å². The predicted molar refractivity (Wildman–Crippen MR) is 83.7 cm³/mol. The summed E-state index contributed by atoms with van der Waals surface area (Å²) in [5.74, 6) is 1.57. The standard InChI is InChI=1S/C16H18N4S/c1-3-7-12(8-4-1)11-14-17-18-16-20(14)19-15(21-16)13-9-5-2-6-10-13/h1,3-4,7-8,13H,2,5-6,9-11H2. The normalized spacial score (nSPS) is 16.6. The van der Waals surface area contributed by atoms with Crippen LogP contribution in [0.15, 0.2) is 30.3 Å². The predicted octanol–water partition coefficient (Wildman–Crippen LogP) is 3.82. The zero-order valence-corrected chi connectivity index (χ0v) is 12.7. The summed E-state index contributed by atoms with van der Waals surface area (Å²) in [7, 11) is 0. The van der Waals surface area contributed by atoms with Crippen LogP contribution in [0.5, 0.6) is 0 Å². The van der Waals surface area contributed by atoms with E-state index in [2.05, 4.69) is 34.5 Å². The molecule has 21 heavy (non-hydrogen) atoms. The second-order valence-electron chi connectivity index (χ2n) is 5.75. The number of aromatic nitrogens is 4. The second-order valence-corrected chi connectivity index (χ2v) is 6.74. The molecule has 108 valence electrons. The molecule has 1 aromatic carbocycles. The average Bonchev–Trinajstić information content (AvgIpc) is 3.11. The summed E-state index contributed by atoms with van der Waals surface area (Å²) in [4.78, 5) is 0.932. The van der Waals surface area contributed by atoms with Crippen LogP contribution in [0.2, 0.25) is 0 Å². The molecule has 0 atom stereocenters. The van der Waals surface area contributed by atoms with Crippen LogP contribution >= 0.6 is 11.3 Å². The summed E-state index contributed by atoms with van der Waals surface area (Å²) < 4.78 is 1.95. The Morgan fingerprint density at radius 3 is 2.67 bits per heavy atom. The van der Waals surface area contributed by atoms with E-state index in [0.717, 1.165) is 17.2 Å². The Labute approximate surface area is 127 Å². The van der Waals surface area contributed by atoms with Gasteiger partial charge in [0, 0.05) is 12.3 Å². The highest BCUT2D eigenvalue weighted by Crippen LogP contribution is 2.34. The number of benzene rings is 1. The lowest BCUT2D eigenvalue weighted by Crippen LogP contribution is -2.05. The van der Waals surface area contributed by atoms with Gasteiger partial charge >= 0.3 is 0 Å². The third kappa shape index (κ3) is 2.58. The number of fused-ring (bicyclic) bond motifs is 1. The molecule has 1 aliphatic rings. The molecule has 4 nitrogen and oxygen atoms in total. The maximum absolute atomic E-state index is 4.80. The average molecular weight is 298 g/mol.